The summed E-state index contributed by atoms with van der Waals surface area (Å²) in [6.45, 7) is 8.40. The van der Waals surface area contributed by atoms with E-state index in [9.17, 15) is 4.79 Å². The van der Waals surface area contributed by atoms with Gasteiger partial charge in [-0.15, -0.1) is 0 Å². The van der Waals surface area contributed by atoms with Gasteiger partial charge < -0.3 is 15.0 Å². The van der Waals surface area contributed by atoms with E-state index in [4.69, 9.17) is 4.74 Å². The number of hydrogen-bond donors (Lipinski definition) is 1. The molecule has 2 aliphatic heterocycles. The van der Waals surface area contributed by atoms with Gasteiger partial charge in [0.1, 0.15) is 0 Å². The van der Waals surface area contributed by atoms with Crippen molar-refractivity contribution in [3.63, 3.8) is 0 Å². The van der Waals surface area contributed by atoms with Crippen LogP contribution in [-0.4, -0.2) is 74.7 Å². The van der Waals surface area contributed by atoms with Crippen molar-refractivity contribution in [2.24, 2.45) is 5.92 Å². The Labute approximate surface area is 109 Å². The predicted octanol–water partition coefficient (Wildman–Crippen LogP) is -0.225. The fourth-order valence-electron chi connectivity index (χ4n) is 2.70. The first-order valence-electron chi connectivity index (χ1n) is 6.98. The van der Waals surface area contributed by atoms with Crippen LogP contribution < -0.4 is 5.32 Å². The number of carbonyl (C=O) groups is 1. The maximum absolute atomic E-state index is 12.2. The van der Waals surface area contributed by atoms with Gasteiger partial charge in [-0.1, -0.05) is 6.92 Å². The van der Waals surface area contributed by atoms with Gasteiger partial charge in [0.05, 0.1) is 12.5 Å². The zero-order valence-electron chi connectivity index (χ0n) is 11.5. The summed E-state index contributed by atoms with van der Waals surface area (Å²) in [4.78, 5) is 16.7. The van der Waals surface area contributed by atoms with E-state index >= 15 is 0 Å². The Kier molecular flexibility index (Phi) is 4.97. The van der Waals surface area contributed by atoms with Crippen molar-refractivity contribution in [2.75, 3.05) is 53.0 Å². The Morgan fingerprint density at radius 2 is 2.17 bits per heavy atom. The molecule has 2 aliphatic rings. The molecule has 18 heavy (non-hydrogen) atoms. The molecule has 5 nitrogen and oxygen atoms in total. The number of piperazine rings is 1. The van der Waals surface area contributed by atoms with Crippen molar-refractivity contribution in [1.82, 2.24) is 15.1 Å². The minimum absolute atomic E-state index is 0.230. The number of nitrogens with one attached hydrogen (secondary N) is 1. The lowest BCUT2D eigenvalue weighted by Crippen LogP contribution is -2.59. The fourth-order valence-corrected chi connectivity index (χ4v) is 2.70. The van der Waals surface area contributed by atoms with Crippen LogP contribution in [0.4, 0.5) is 0 Å². The van der Waals surface area contributed by atoms with Crippen LogP contribution >= 0.6 is 0 Å². The van der Waals surface area contributed by atoms with E-state index in [2.05, 4.69) is 22.0 Å². The van der Waals surface area contributed by atoms with Gasteiger partial charge in [0.25, 0.3) is 0 Å². The maximum Gasteiger partial charge on any atom is 0.228 e. The zero-order valence-corrected chi connectivity index (χ0v) is 11.5. The lowest BCUT2D eigenvalue weighted by molar-refractivity contribution is -0.140. The number of nitrogens with zero attached hydrogens (tertiary/aromatic N) is 2. The van der Waals surface area contributed by atoms with Crippen LogP contribution in [0, 0.1) is 5.92 Å². The molecule has 2 saturated heterocycles. The first-order valence-corrected chi connectivity index (χ1v) is 6.98. The topological polar surface area (TPSA) is 44.8 Å². The molecule has 0 radical (unpaired) electrons. The molecule has 2 heterocycles. The summed E-state index contributed by atoms with van der Waals surface area (Å²) in [5.41, 5.74) is 0. The third-order valence-corrected chi connectivity index (χ3v) is 4.10. The Balaban J connectivity index is 1.85. The number of ether oxygens (including phenoxy) is 1. The van der Waals surface area contributed by atoms with Crippen LogP contribution in [0.15, 0.2) is 0 Å². The van der Waals surface area contributed by atoms with Crippen molar-refractivity contribution in [3.05, 3.63) is 0 Å². The minimum Gasteiger partial charge on any atom is -0.383 e. The maximum atomic E-state index is 12.2. The van der Waals surface area contributed by atoms with E-state index in [0.717, 1.165) is 52.3 Å². The smallest absolute Gasteiger partial charge is 0.228 e. The molecule has 0 saturated carbocycles. The molecule has 0 aromatic heterocycles. The molecule has 0 spiro atoms. The Morgan fingerprint density at radius 3 is 2.72 bits per heavy atom. The normalized spacial score (nSPS) is 26.1. The van der Waals surface area contributed by atoms with E-state index in [-0.39, 0.29) is 5.92 Å². The highest BCUT2D eigenvalue weighted by molar-refractivity contribution is 5.80. The summed E-state index contributed by atoms with van der Waals surface area (Å²) in [5, 5.41) is 3.17. The largest absolute Gasteiger partial charge is 0.383 e. The number of hydrogen-bond acceptors (Lipinski definition) is 4. The van der Waals surface area contributed by atoms with E-state index < -0.39 is 0 Å². The molecule has 1 N–H and O–H groups in total. The van der Waals surface area contributed by atoms with Gasteiger partial charge in [-0.05, 0) is 6.42 Å². The second-order valence-electron chi connectivity index (χ2n) is 5.23. The van der Waals surface area contributed by atoms with E-state index in [1.807, 2.05) is 0 Å². The summed E-state index contributed by atoms with van der Waals surface area (Å²) in [6, 6.07) is 0.492. The highest BCUT2D eigenvalue weighted by atomic mass is 16.5. The lowest BCUT2D eigenvalue weighted by atomic mass is 10.00. The van der Waals surface area contributed by atoms with Crippen LogP contribution in [0.5, 0.6) is 0 Å². The van der Waals surface area contributed by atoms with Gasteiger partial charge in [-0.2, -0.15) is 0 Å². The average Bonchev–Trinajstić information content (AvgIpc) is 2.34. The highest BCUT2D eigenvalue weighted by Crippen LogP contribution is 2.16. The molecule has 5 heteroatoms. The quantitative estimate of drug-likeness (QED) is 0.737. The van der Waals surface area contributed by atoms with Crippen LogP contribution in [0.25, 0.3) is 0 Å². The van der Waals surface area contributed by atoms with Crippen molar-refractivity contribution >= 4 is 5.91 Å². The van der Waals surface area contributed by atoms with Crippen molar-refractivity contribution < 1.29 is 9.53 Å². The Morgan fingerprint density at radius 1 is 1.39 bits per heavy atom. The van der Waals surface area contributed by atoms with Crippen molar-refractivity contribution in [3.8, 4) is 0 Å². The third-order valence-electron chi connectivity index (χ3n) is 4.10. The van der Waals surface area contributed by atoms with Gasteiger partial charge in [0, 0.05) is 52.4 Å². The monoisotopic (exact) mass is 255 g/mol. The summed E-state index contributed by atoms with van der Waals surface area (Å²) in [5.74, 6) is 0.576. The SMILES string of the molecule is CCC1CN(C(=O)C2CNC2)CCN1CCOC. The predicted molar refractivity (Wildman–Crippen MR) is 70.5 cm³/mol. The summed E-state index contributed by atoms with van der Waals surface area (Å²) in [6.07, 6.45) is 1.09. The van der Waals surface area contributed by atoms with Crippen LogP contribution in [0.3, 0.4) is 0 Å². The molecule has 0 bridgehead atoms. The summed E-state index contributed by atoms with van der Waals surface area (Å²) < 4.78 is 5.15. The second kappa shape index (κ2) is 6.50. The molecule has 1 atom stereocenters. The molecule has 1 unspecified atom stereocenters. The van der Waals surface area contributed by atoms with Crippen LogP contribution in [0.1, 0.15) is 13.3 Å². The molecular weight excluding hydrogens is 230 g/mol. The van der Waals surface area contributed by atoms with Crippen molar-refractivity contribution in [1.29, 1.82) is 0 Å². The zero-order chi connectivity index (χ0) is 13.0. The molecular formula is C13H25N3O2. The molecule has 2 fully saturated rings. The number of methoxy groups -OCH3 is 1. The van der Waals surface area contributed by atoms with Gasteiger partial charge >= 0.3 is 0 Å². The third kappa shape index (κ3) is 3.02. The van der Waals surface area contributed by atoms with E-state index in [1.165, 1.54) is 0 Å². The lowest BCUT2D eigenvalue weighted by Gasteiger charge is -2.43. The van der Waals surface area contributed by atoms with E-state index in [1.54, 1.807) is 7.11 Å². The molecule has 0 aromatic carbocycles. The summed E-state index contributed by atoms with van der Waals surface area (Å²) in [7, 11) is 1.74. The number of carbonyl (C=O) groups excluding carboxylic acids is 1. The van der Waals surface area contributed by atoms with Crippen LogP contribution in [0.2, 0.25) is 0 Å². The molecule has 1 amide bonds. The minimum atomic E-state index is 0.230. The van der Waals surface area contributed by atoms with E-state index in [0.29, 0.717) is 11.9 Å². The standard InChI is InChI=1S/C13H25N3O2/c1-3-12-10-16(13(17)11-8-14-9-11)5-4-15(12)6-7-18-2/h11-12,14H,3-10H2,1-2H3. The van der Waals surface area contributed by atoms with Crippen LogP contribution in [-0.2, 0) is 9.53 Å². The summed E-state index contributed by atoms with van der Waals surface area (Å²) >= 11 is 0. The Hall–Kier alpha value is -0.650. The molecule has 2 rings (SSSR count). The van der Waals surface area contributed by atoms with Gasteiger partial charge in [-0.25, -0.2) is 0 Å². The Bertz CT molecular complexity index is 281. The van der Waals surface area contributed by atoms with Crippen molar-refractivity contribution in [2.45, 2.75) is 19.4 Å². The van der Waals surface area contributed by atoms with Gasteiger partial charge in [-0.3, -0.25) is 9.69 Å². The number of amides is 1. The molecule has 0 aromatic rings. The fraction of sp³-hybridized carbons (Fsp3) is 0.923. The molecule has 104 valence electrons. The first kappa shape index (κ1) is 13.8. The van der Waals surface area contributed by atoms with Gasteiger partial charge in [0.15, 0.2) is 0 Å². The molecule has 0 aliphatic carbocycles. The average molecular weight is 255 g/mol. The highest BCUT2D eigenvalue weighted by Gasteiger charge is 2.33. The van der Waals surface area contributed by atoms with Gasteiger partial charge in [0.2, 0.25) is 5.91 Å². The number of rotatable bonds is 5. The second-order valence-corrected chi connectivity index (χ2v) is 5.23. The first-order chi connectivity index (χ1) is 8.76.